The predicted octanol–water partition coefficient (Wildman–Crippen LogP) is 4.22. The summed E-state index contributed by atoms with van der Waals surface area (Å²) >= 11 is 6.69. The SMILES string of the molecule is CN1C[C@H](F)C[C@H]1COc1nc2c(c(N3CCN(C(=O)/C=C/CF)[C@]([Si])(CC#N)C3)n1)CCN(c1cccc3cccc(Cl)c13)C2. The lowest BCUT2D eigenvalue weighted by Crippen LogP contribution is -2.64. The van der Waals surface area contributed by atoms with E-state index in [2.05, 4.69) is 32.2 Å². The monoisotopic (exact) mass is 662 g/mol. The van der Waals surface area contributed by atoms with E-state index in [-0.39, 0.29) is 37.5 Å². The number of carbonyl (C=O) groups excluding carboxylic acids is 1. The molecule has 239 valence electrons. The smallest absolute Gasteiger partial charge is 0.318 e. The van der Waals surface area contributed by atoms with Crippen LogP contribution in [0, 0.1) is 11.3 Å². The lowest BCUT2D eigenvalue weighted by Gasteiger charge is -2.48. The summed E-state index contributed by atoms with van der Waals surface area (Å²) in [6.45, 7) is 2.05. The van der Waals surface area contributed by atoms with E-state index in [0.717, 1.165) is 27.7 Å². The Bertz CT molecular complexity index is 1680. The van der Waals surface area contributed by atoms with Gasteiger partial charge >= 0.3 is 6.01 Å². The number of halogens is 3. The lowest BCUT2D eigenvalue weighted by atomic mass is 10.0. The standard InChI is InChI=1S/C33H35ClF2N7O2Si/c1-40-18-23(36)17-24(40)20-45-32-38-27-19-41(28-8-3-6-22-5-2-7-26(34)30(22)28)14-10-25(27)31(39-32)42-15-16-43(29(44)9-4-12-35)33(46,21-42)11-13-37/h2-9,23-24H,10-12,14-21H2,1H3/b9-4+/t23-,24+,33+/m1/s1. The molecule has 2 fully saturated rings. The summed E-state index contributed by atoms with van der Waals surface area (Å²) in [6.07, 6.45) is 2.52. The van der Waals surface area contributed by atoms with Gasteiger partial charge in [0.05, 0.1) is 45.2 Å². The minimum atomic E-state index is -1.02. The van der Waals surface area contributed by atoms with Crippen molar-refractivity contribution in [2.24, 2.45) is 0 Å². The zero-order valence-electron chi connectivity index (χ0n) is 25.6. The maximum Gasteiger partial charge on any atom is 0.318 e. The Morgan fingerprint density at radius 1 is 1.22 bits per heavy atom. The number of aromatic nitrogens is 2. The molecule has 9 nitrogen and oxygen atoms in total. The van der Waals surface area contributed by atoms with Gasteiger partial charge in [-0.3, -0.25) is 9.69 Å². The Kier molecular flexibility index (Phi) is 9.45. The second kappa shape index (κ2) is 13.5. The highest BCUT2D eigenvalue weighted by atomic mass is 35.5. The van der Waals surface area contributed by atoms with Gasteiger partial charge in [-0.15, -0.1) is 0 Å². The quantitative estimate of drug-likeness (QED) is 0.262. The first kappa shape index (κ1) is 32.2. The molecule has 2 saturated heterocycles. The topological polar surface area (TPSA) is 88.8 Å². The minimum absolute atomic E-state index is 0.0141. The molecule has 6 rings (SSSR count). The average molecular weight is 663 g/mol. The number of rotatable bonds is 8. The molecule has 3 atom stereocenters. The van der Waals surface area contributed by atoms with Gasteiger partial charge in [-0.25, -0.2) is 8.78 Å². The van der Waals surface area contributed by atoms with Crippen molar-refractivity contribution in [3.05, 3.63) is 64.8 Å². The number of nitrogens with zero attached hydrogens (tertiary/aromatic N) is 7. The highest BCUT2D eigenvalue weighted by Gasteiger charge is 2.41. The summed E-state index contributed by atoms with van der Waals surface area (Å²) in [5.74, 6) is 0.318. The molecule has 3 aliphatic rings. The molecule has 4 heterocycles. The molecule has 2 aromatic carbocycles. The second-order valence-corrected chi connectivity index (χ2v) is 13.5. The van der Waals surface area contributed by atoms with Crippen LogP contribution in [-0.4, -0.2) is 106 Å². The van der Waals surface area contributed by atoms with Crippen LogP contribution in [0.2, 0.25) is 5.02 Å². The number of likely N-dealkylation sites (N-methyl/N-ethyl adjacent to an activating group) is 1. The summed E-state index contributed by atoms with van der Waals surface area (Å²) in [6, 6.07) is 14.3. The summed E-state index contributed by atoms with van der Waals surface area (Å²) in [5.41, 5.74) is 2.79. The van der Waals surface area contributed by atoms with E-state index in [1.807, 2.05) is 42.3 Å². The van der Waals surface area contributed by atoms with Gasteiger partial charge in [0.25, 0.3) is 0 Å². The number of nitriles is 1. The number of anilines is 2. The molecule has 0 aliphatic carbocycles. The number of alkyl halides is 2. The third-order valence-corrected chi connectivity index (χ3v) is 10.0. The molecule has 13 heteroatoms. The maximum atomic E-state index is 14.1. The normalized spacial score (nSPS) is 23.6. The van der Waals surface area contributed by atoms with Crippen molar-refractivity contribution < 1.29 is 18.3 Å². The Morgan fingerprint density at radius 3 is 2.76 bits per heavy atom. The molecule has 3 aromatic rings. The Labute approximate surface area is 275 Å². The molecule has 0 unspecified atom stereocenters. The van der Waals surface area contributed by atoms with Crippen molar-refractivity contribution in [3.8, 4) is 12.1 Å². The van der Waals surface area contributed by atoms with E-state index >= 15 is 0 Å². The van der Waals surface area contributed by atoms with Crippen molar-refractivity contribution in [1.29, 1.82) is 5.26 Å². The van der Waals surface area contributed by atoms with Crippen molar-refractivity contribution in [2.45, 2.75) is 43.2 Å². The fourth-order valence-corrected chi connectivity index (χ4v) is 7.54. The number of hydrogen-bond donors (Lipinski definition) is 0. The van der Waals surface area contributed by atoms with Crippen LogP contribution in [0.1, 0.15) is 24.1 Å². The molecule has 1 amide bonds. The number of fused-ring (bicyclic) bond motifs is 2. The van der Waals surface area contributed by atoms with Crippen molar-refractivity contribution >= 4 is 50.0 Å². The molecular formula is C33H35ClF2N7O2Si. The summed E-state index contributed by atoms with van der Waals surface area (Å²) in [5, 5.41) is 11.4. The van der Waals surface area contributed by atoms with Crippen molar-refractivity contribution in [1.82, 2.24) is 19.8 Å². The molecule has 3 aliphatic heterocycles. The van der Waals surface area contributed by atoms with Gasteiger partial charge in [-0.2, -0.15) is 15.2 Å². The zero-order chi connectivity index (χ0) is 32.4. The molecule has 3 radical (unpaired) electrons. The Balaban J connectivity index is 1.34. The molecule has 46 heavy (non-hydrogen) atoms. The number of hydrogen-bond acceptors (Lipinski definition) is 8. The third-order valence-electron chi connectivity index (χ3n) is 9.09. The number of allylic oxidation sites excluding steroid dienone is 1. The van der Waals surface area contributed by atoms with Crippen LogP contribution in [0.3, 0.4) is 0 Å². The molecule has 0 N–H and O–H groups in total. The number of likely N-dealkylation sites (tertiary alicyclic amines) is 1. The number of benzene rings is 2. The van der Waals surface area contributed by atoms with Gasteiger partial charge in [0.15, 0.2) is 0 Å². The van der Waals surface area contributed by atoms with Crippen LogP contribution in [-0.2, 0) is 17.8 Å². The zero-order valence-corrected chi connectivity index (χ0v) is 27.4. The van der Waals surface area contributed by atoms with Crippen LogP contribution in [0.4, 0.5) is 20.3 Å². The van der Waals surface area contributed by atoms with Crippen LogP contribution in [0.15, 0.2) is 48.6 Å². The number of amides is 1. The molecule has 1 aromatic heterocycles. The first-order valence-electron chi connectivity index (χ1n) is 15.4. The van der Waals surface area contributed by atoms with E-state index in [0.29, 0.717) is 56.4 Å². The van der Waals surface area contributed by atoms with Gasteiger partial charge in [0, 0.05) is 61.5 Å². The van der Waals surface area contributed by atoms with Crippen molar-refractivity contribution in [2.75, 3.05) is 62.9 Å². The van der Waals surface area contributed by atoms with Crippen LogP contribution < -0.4 is 14.5 Å². The number of piperazine rings is 1. The second-order valence-electron chi connectivity index (χ2n) is 12.1. The molecular weight excluding hydrogens is 628 g/mol. The van der Waals surface area contributed by atoms with E-state index < -0.39 is 18.0 Å². The first-order chi connectivity index (χ1) is 22.2. The van der Waals surface area contributed by atoms with Crippen molar-refractivity contribution in [3.63, 3.8) is 0 Å². The average Bonchev–Trinajstić information content (AvgIpc) is 3.37. The summed E-state index contributed by atoms with van der Waals surface area (Å²) in [4.78, 5) is 30.6. The molecule has 0 spiro atoms. The largest absolute Gasteiger partial charge is 0.462 e. The minimum Gasteiger partial charge on any atom is -0.462 e. The summed E-state index contributed by atoms with van der Waals surface area (Å²) in [7, 11) is 5.65. The number of ether oxygens (including phenoxy) is 1. The molecule has 0 bridgehead atoms. The molecule has 0 saturated carbocycles. The summed E-state index contributed by atoms with van der Waals surface area (Å²) < 4.78 is 33.0. The fourth-order valence-electron chi connectivity index (χ4n) is 6.77. The Hall–Kier alpha value is -3.79. The van der Waals surface area contributed by atoms with Crippen LogP contribution in [0.25, 0.3) is 10.8 Å². The predicted molar refractivity (Wildman–Crippen MR) is 175 cm³/mol. The van der Waals surface area contributed by atoms with Gasteiger partial charge in [0.2, 0.25) is 5.91 Å². The lowest BCUT2D eigenvalue weighted by molar-refractivity contribution is -0.129. The van der Waals surface area contributed by atoms with Gasteiger partial charge in [-0.1, -0.05) is 35.9 Å². The first-order valence-corrected chi connectivity index (χ1v) is 16.3. The number of carbonyl (C=O) groups is 1. The van der Waals surface area contributed by atoms with Crippen LogP contribution >= 0.6 is 11.6 Å². The van der Waals surface area contributed by atoms with E-state index in [4.69, 9.17) is 26.3 Å². The van der Waals surface area contributed by atoms with E-state index in [9.17, 15) is 18.8 Å². The van der Waals surface area contributed by atoms with Crippen LogP contribution in [0.5, 0.6) is 6.01 Å². The van der Waals surface area contributed by atoms with Gasteiger partial charge in [0.1, 0.15) is 25.3 Å². The van der Waals surface area contributed by atoms with Gasteiger partial charge in [-0.05, 0) is 43.5 Å². The third kappa shape index (κ3) is 6.41. The van der Waals surface area contributed by atoms with E-state index in [1.165, 1.54) is 12.2 Å². The Morgan fingerprint density at radius 2 is 2.02 bits per heavy atom. The highest BCUT2D eigenvalue weighted by Crippen LogP contribution is 2.38. The van der Waals surface area contributed by atoms with Gasteiger partial charge < -0.3 is 19.4 Å². The fraction of sp³-hybridized carbons (Fsp3) is 0.455. The maximum absolute atomic E-state index is 14.1. The highest BCUT2D eigenvalue weighted by molar-refractivity contribution is 6.36. The van der Waals surface area contributed by atoms with E-state index in [1.54, 1.807) is 4.90 Å².